The Kier molecular flexibility index (Phi) is 2.83. The van der Waals surface area contributed by atoms with E-state index in [4.69, 9.17) is 0 Å². The van der Waals surface area contributed by atoms with Crippen LogP contribution in [0.15, 0.2) is 60.7 Å². The average Bonchev–Trinajstić information content (AvgIpc) is 2.83. The molecule has 0 fully saturated rings. The van der Waals surface area contributed by atoms with Crippen LogP contribution in [0.25, 0.3) is 32.9 Å². The van der Waals surface area contributed by atoms with Crippen molar-refractivity contribution < 1.29 is 0 Å². The summed E-state index contributed by atoms with van der Waals surface area (Å²) in [7, 11) is 2.15. The second-order valence-corrected chi connectivity index (χ2v) is 6.02. The Morgan fingerprint density at radius 1 is 0.682 bits per heavy atom. The first-order chi connectivity index (χ1) is 10.7. The molecule has 0 bridgehead atoms. The van der Waals surface area contributed by atoms with Gasteiger partial charge in [0.15, 0.2) is 0 Å². The van der Waals surface area contributed by atoms with E-state index in [2.05, 4.69) is 86.1 Å². The number of hydrogen-bond acceptors (Lipinski definition) is 0. The Bertz CT molecular complexity index is 1010. The van der Waals surface area contributed by atoms with Crippen molar-refractivity contribution in [1.29, 1.82) is 0 Å². The number of aromatic nitrogens is 1. The molecule has 0 aliphatic rings. The van der Waals surface area contributed by atoms with Gasteiger partial charge in [0.25, 0.3) is 0 Å². The first-order valence-corrected chi connectivity index (χ1v) is 7.71. The Hall–Kier alpha value is -2.54. The number of hydrogen-bond donors (Lipinski definition) is 0. The van der Waals surface area contributed by atoms with Crippen LogP contribution in [0, 0.1) is 13.8 Å². The molecule has 1 heteroatoms. The number of para-hydroxylation sites is 1. The van der Waals surface area contributed by atoms with Gasteiger partial charge in [-0.2, -0.15) is 0 Å². The Labute approximate surface area is 130 Å². The molecule has 0 aliphatic carbocycles. The van der Waals surface area contributed by atoms with Crippen LogP contribution in [0.3, 0.4) is 0 Å². The van der Waals surface area contributed by atoms with Crippen LogP contribution in [-0.4, -0.2) is 4.57 Å². The van der Waals surface area contributed by atoms with Gasteiger partial charge in [-0.3, -0.25) is 0 Å². The molecule has 0 N–H and O–H groups in total. The quantitative estimate of drug-likeness (QED) is 0.428. The molecule has 0 amide bonds. The van der Waals surface area contributed by atoms with Crippen LogP contribution in [0.2, 0.25) is 0 Å². The van der Waals surface area contributed by atoms with E-state index in [0.29, 0.717) is 0 Å². The maximum absolute atomic E-state index is 2.29. The molecule has 0 aliphatic heterocycles. The molecule has 1 heterocycles. The molecule has 4 aromatic rings. The van der Waals surface area contributed by atoms with Crippen molar-refractivity contribution in [3.05, 3.63) is 71.8 Å². The molecule has 22 heavy (non-hydrogen) atoms. The molecule has 4 rings (SSSR count). The third-order valence-corrected chi connectivity index (χ3v) is 4.77. The monoisotopic (exact) mass is 285 g/mol. The molecule has 1 aromatic heterocycles. The lowest BCUT2D eigenvalue weighted by Gasteiger charge is -2.11. The van der Waals surface area contributed by atoms with Crippen molar-refractivity contribution in [2.24, 2.45) is 7.05 Å². The fraction of sp³-hybridized carbons (Fsp3) is 0.143. The minimum atomic E-state index is 1.29. The highest BCUT2D eigenvalue weighted by Crippen LogP contribution is 2.36. The lowest BCUT2D eigenvalue weighted by Crippen LogP contribution is -1.90. The smallest absolute Gasteiger partial charge is 0.0491 e. The molecule has 1 nitrogen and oxygen atoms in total. The third kappa shape index (κ3) is 1.72. The minimum Gasteiger partial charge on any atom is -0.344 e. The molecule has 0 saturated carbocycles. The van der Waals surface area contributed by atoms with Gasteiger partial charge in [-0.05, 0) is 48.2 Å². The zero-order valence-corrected chi connectivity index (χ0v) is 13.2. The molecular weight excluding hydrogens is 266 g/mol. The van der Waals surface area contributed by atoms with Gasteiger partial charge in [0.1, 0.15) is 0 Å². The number of nitrogens with zero attached hydrogens (tertiary/aromatic N) is 1. The predicted molar refractivity (Wildman–Crippen MR) is 95.3 cm³/mol. The first-order valence-electron chi connectivity index (χ1n) is 7.71. The topological polar surface area (TPSA) is 4.93 Å². The summed E-state index contributed by atoms with van der Waals surface area (Å²) in [5.41, 5.74) is 7.95. The van der Waals surface area contributed by atoms with Gasteiger partial charge in [0, 0.05) is 28.9 Å². The average molecular weight is 285 g/mol. The van der Waals surface area contributed by atoms with Gasteiger partial charge in [0.05, 0.1) is 0 Å². The normalized spacial score (nSPS) is 11.4. The van der Waals surface area contributed by atoms with Crippen molar-refractivity contribution in [1.82, 2.24) is 4.57 Å². The molecular formula is C21H19N. The second-order valence-electron chi connectivity index (χ2n) is 6.02. The summed E-state index contributed by atoms with van der Waals surface area (Å²) < 4.78 is 2.29. The van der Waals surface area contributed by atoms with Gasteiger partial charge >= 0.3 is 0 Å². The third-order valence-electron chi connectivity index (χ3n) is 4.77. The van der Waals surface area contributed by atoms with E-state index < -0.39 is 0 Å². The summed E-state index contributed by atoms with van der Waals surface area (Å²) in [4.78, 5) is 0. The zero-order chi connectivity index (χ0) is 15.3. The Morgan fingerprint density at radius 2 is 1.41 bits per heavy atom. The number of aryl methyl sites for hydroxylation is 3. The van der Waals surface area contributed by atoms with Crippen LogP contribution in [0.1, 0.15) is 11.1 Å². The largest absolute Gasteiger partial charge is 0.344 e. The number of benzene rings is 3. The summed E-state index contributed by atoms with van der Waals surface area (Å²) >= 11 is 0. The molecule has 0 radical (unpaired) electrons. The fourth-order valence-corrected chi connectivity index (χ4v) is 3.59. The Balaban J connectivity index is 2.14. The van der Waals surface area contributed by atoms with Crippen LogP contribution < -0.4 is 0 Å². The van der Waals surface area contributed by atoms with Crippen molar-refractivity contribution in [2.75, 3.05) is 0 Å². The predicted octanol–water partition coefficient (Wildman–Crippen LogP) is 5.62. The number of rotatable bonds is 1. The van der Waals surface area contributed by atoms with E-state index in [-0.39, 0.29) is 0 Å². The van der Waals surface area contributed by atoms with E-state index in [1.54, 1.807) is 0 Å². The van der Waals surface area contributed by atoms with Gasteiger partial charge in [-0.25, -0.2) is 0 Å². The van der Waals surface area contributed by atoms with E-state index in [1.165, 1.54) is 44.1 Å². The standard InChI is InChI=1S/C21H19N/c1-14-8-4-5-9-16(14)17-12-13-20-21(15(17)2)18-10-6-7-11-19(18)22(20)3/h4-13H,1-3H3. The SMILES string of the molecule is Cc1ccccc1-c1ccc2c(c1C)c1ccccc1n2C. The summed E-state index contributed by atoms with van der Waals surface area (Å²) in [6.07, 6.45) is 0. The summed E-state index contributed by atoms with van der Waals surface area (Å²) in [5, 5.41) is 2.71. The van der Waals surface area contributed by atoms with E-state index in [9.17, 15) is 0 Å². The molecule has 0 unspecified atom stereocenters. The highest BCUT2D eigenvalue weighted by atomic mass is 14.9. The maximum atomic E-state index is 2.29. The first kappa shape index (κ1) is 13.1. The molecule has 0 atom stereocenters. The molecule has 0 saturated heterocycles. The second kappa shape index (κ2) is 4.74. The van der Waals surface area contributed by atoms with Crippen LogP contribution in [0.5, 0.6) is 0 Å². The van der Waals surface area contributed by atoms with E-state index in [0.717, 1.165) is 0 Å². The van der Waals surface area contributed by atoms with Crippen LogP contribution in [-0.2, 0) is 7.05 Å². The minimum absolute atomic E-state index is 1.29. The highest BCUT2D eigenvalue weighted by Gasteiger charge is 2.13. The summed E-state index contributed by atoms with van der Waals surface area (Å²) in [6.45, 7) is 4.43. The van der Waals surface area contributed by atoms with Crippen LogP contribution >= 0.6 is 0 Å². The zero-order valence-electron chi connectivity index (χ0n) is 13.2. The van der Waals surface area contributed by atoms with Crippen molar-refractivity contribution in [3.63, 3.8) is 0 Å². The van der Waals surface area contributed by atoms with Gasteiger partial charge in [-0.1, -0.05) is 48.5 Å². The van der Waals surface area contributed by atoms with Gasteiger partial charge in [0.2, 0.25) is 0 Å². The van der Waals surface area contributed by atoms with Crippen molar-refractivity contribution in [2.45, 2.75) is 13.8 Å². The number of fused-ring (bicyclic) bond motifs is 3. The van der Waals surface area contributed by atoms with Crippen LogP contribution in [0.4, 0.5) is 0 Å². The molecule has 108 valence electrons. The highest BCUT2D eigenvalue weighted by molar-refractivity contribution is 6.11. The van der Waals surface area contributed by atoms with Gasteiger partial charge in [-0.15, -0.1) is 0 Å². The summed E-state index contributed by atoms with van der Waals surface area (Å²) in [6, 6.07) is 21.8. The molecule has 3 aromatic carbocycles. The van der Waals surface area contributed by atoms with Crippen molar-refractivity contribution in [3.8, 4) is 11.1 Å². The Morgan fingerprint density at radius 3 is 2.23 bits per heavy atom. The summed E-state index contributed by atoms with van der Waals surface area (Å²) in [5.74, 6) is 0. The van der Waals surface area contributed by atoms with Gasteiger partial charge < -0.3 is 4.57 Å². The van der Waals surface area contributed by atoms with E-state index >= 15 is 0 Å². The fourth-order valence-electron chi connectivity index (χ4n) is 3.59. The molecule has 0 spiro atoms. The lowest BCUT2D eigenvalue weighted by molar-refractivity contribution is 1.01. The maximum Gasteiger partial charge on any atom is 0.0491 e. The van der Waals surface area contributed by atoms with E-state index in [1.807, 2.05) is 0 Å². The van der Waals surface area contributed by atoms with Crippen molar-refractivity contribution >= 4 is 21.8 Å². The lowest BCUT2D eigenvalue weighted by atomic mass is 9.94.